The molecule has 13 heavy (non-hydrogen) atoms. The summed E-state index contributed by atoms with van der Waals surface area (Å²) in [5.41, 5.74) is 0.0397. The number of H-pyrrole nitrogens is 2. The van der Waals surface area contributed by atoms with Crippen LogP contribution in [0.15, 0.2) is 9.59 Å². The molecule has 0 aliphatic heterocycles. The molecular weight excluding hydrogens is 184 g/mol. The first-order chi connectivity index (χ1) is 5.82. The molecule has 2 N–H and O–H groups in total. The van der Waals surface area contributed by atoms with Gasteiger partial charge in [0.25, 0.3) is 5.56 Å². The molecule has 0 atom stereocenters. The summed E-state index contributed by atoms with van der Waals surface area (Å²) < 4.78 is 0. The van der Waals surface area contributed by atoms with Gasteiger partial charge in [-0.2, -0.15) is 0 Å². The van der Waals surface area contributed by atoms with E-state index < -0.39 is 13.8 Å². The van der Waals surface area contributed by atoms with Gasteiger partial charge in [0, 0.05) is 10.9 Å². The Morgan fingerprint density at radius 2 is 1.62 bits per heavy atom. The molecule has 72 valence electrons. The number of hydrogen-bond donors (Lipinski definition) is 2. The predicted octanol–water partition coefficient (Wildman–Crippen LogP) is -0.0832. The maximum Gasteiger partial charge on any atom is 0.325 e. The molecule has 0 unspecified atom stereocenters. The molecule has 4 nitrogen and oxygen atoms in total. The molecule has 0 aliphatic rings. The summed E-state index contributed by atoms with van der Waals surface area (Å²) in [7, 11) is -1.66. The highest BCUT2D eigenvalue weighted by Crippen LogP contribution is 1.99. The van der Waals surface area contributed by atoms with E-state index in [4.69, 9.17) is 0 Å². The van der Waals surface area contributed by atoms with Crippen LogP contribution >= 0.6 is 0 Å². The van der Waals surface area contributed by atoms with Crippen molar-refractivity contribution >= 4 is 13.3 Å². The van der Waals surface area contributed by atoms with Gasteiger partial charge in [0.15, 0.2) is 0 Å². The summed E-state index contributed by atoms with van der Waals surface area (Å²) >= 11 is 0. The molecule has 0 aromatic carbocycles. The first-order valence-electron chi connectivity index (χ1n) is 4.16. The molecule has 0 fully saturated rings. The second-order valence-electron chi connectivity index (χ2n) is 4.16. The Bertz CT molecular complexity index is 425. The summed E-state index contributed by atoms with van der Waals surface area (Å²) in [6.45, 7) is 7.99. The molecule has 0 amide bonds. The van der Waals surface area contributed by atoms with Gasteiger partial charge >= 0.3 is 5.69 Å². The molecule has 0 saturated carbocycles. The molecular formula is C8H14N2O2Si. The van der Waals surface area contributed by atoms with Crippen molar-refractivity contribution in [3.05, 3.63) is 26.5 Å². The third-order valence-electron chi connectivity index (χ3n) is 1.88. The Hall–Kier alpha value is -1.10. The third-order valence-corrected chi connectivity index (χ3v) is 3.98. The van der Waals surface area contributed by atoms with Gasteiger partial charge in [-0.15, -0.1) is 0 Å². The van der Waals surface area contributed by atoms with E-state index in [2.05, 4.69) is 29.6 Å². The highest BCUT2D eigenvalue weighted by molar-refractivity contribution is 6.88. The minimum Gasteiger partial charge on any atom is -0.312 e. The molecule has 1 aromatic heterocycles. The fraction of sp³-hybridized carbons (Fsp3) is 0.500. The van der Waals surface area contributed by atoms with Crippen molar-refractivity contribution in [2.24, 2.45) is 0 Å². The summed E-state index contributed by atoms with van der Waals surface area (Å²) in [6, 6.07) is 0. The van der Waals surface area contributed by atoms with Gasteiger partial charge in [-0.25, -0.2) is 4.79 Å². The molecule has 0 radical (unpaired) electrons. The van der Waals surface area contributed by atoms with Crippen LogP contribution in [-0.2, 0) is 0 Å². The van der Waals surface area contributed by atoms with Crippen LogP contribution in [-0.4, -0.2) is 18.0 Å². The second-order valence-corrected chi connectivity index (χ2v) is 9.16. The van der Waals surface area contributed by atoms with E-state index in [0.29, 0.717) is 5.69 Å². The van der Waals surface area contributed by atoms with Crippen LogP contribution in [0.2, 0.25) is 19.6 Å². The number of aromatic nitrogens is 2. The molecule has 0 spiro atoms. The Labute approximate surface area is 77.0 Å². The molecule has 0 bridgehead atoms. The van der Waals surface area contributed by atoms with E-state index in [9.17, 15) is 9.59 Å². The van der Waals surface area contributed by atoms with Crippen LogP contribution in [0.4, 0.5) is 0 Å². The standard InChI is InChI=1S/C8H14N2O2Si/c1-5-6(13(2,3)4)7(11)10-8(12)9-5/h1-4H3,(H2,9,10,11,12). The normalized spacial score (nSPS) is 11.7. The number of aryl methyl sites for hydroxylation is 1. The van der Waals surface area contributed by atoms with Gasteiger partial charge in [0.05, 0.1) is 8.07 Å². The Morgan fingerprint density at radius 3 is 2.00 bits per heavy atom. The van der Waals surface area contributed by atoms with Crippen LogP contribution in [0, 0.1) is 6.92 Å². The summed E-state index contributed by atoms with van der Waals surface area (Å²) in [5.74, 6) is 0. The number of aromatic amines is 2. The lowest BCUT2D eigenvalue weighted by molar-refractivity contribution is 1.01. The SMILES string of the molecule is Cc1[nH]c(=O)[nH]c(=O)c1[Si](C)(C)C. The molecule has 0 saturated heterocycles. The lowest BCUT2D eigenvalue weighted by atomic mass is 10.4. The zero-order valence-corrected chi connectivity index (χ0v) is 9.32. The average Bonchev–Trinajstić information content (AvgIpc) is 1.78. The van der Waals surface area contributed by atoms with Crippen LogP contribution in [0.25, 0.3) is 0 Å². The van der Waals surface area contributed by atoms with Crippen molar-refractivity contribution in [2.75, 3.05) is 0 Å². The van der Waals surface area contributed by atoms with Crippen molar-refractivity contribution < 1.29 is 0 Å². The number of nitrogens with one attached hydrogen (secondary N) is 2. The average molecular weight is 198 g/mol. The van der Waals surface area contributed by atoms with Crippen LogP contribution < -0.4 is 16.4 Å². The second kappa shape index (κ2) is 2.99. The topological polar surface area (TPSA) is 65.7 Å². The molecule has 0 aliphatic carbocycles. The predicted molar refractivity (Wildman–Crippen MR) is 55.4 cm³/mol. The highest BCUT2D eigenvalue weighted by atomic mass is 28.3. The van der Waals surface area contributed by atoms with E-state index >= 15 is 0 Å². The quantitative estimate of drug-likeness (QED) is 0.620. The zero-order chi connectivity index (χ0) is 10.2. The molecule has 5 heteroatoms. The molecule has 1 aromatic rings. The van der Waals surface area contributed by atoms with Gasteiger partial charge in [-0.3, -0.25) is 9.78 Å². The van der Waals surface area contributed by atoms with Gasteiger partial charge in [-0.1, -0.05) is 19.6 Å². The first-order valence-corrected chi connectivity index (χ1v) is 7.66. The lowest BCUT2D eigenvalue weighted by Gasteiger charge is -2.16. The van der Waals surface area contributed by atoms with Gasteiger partial charge < -0.3 is 4.98 Å². The smallest absolute Gasteiger partial charge is 0.312 e. The van der Waals surface area contributed by atoms with E-state index in [1.165, 1.54) is 0 Å². The van der Waals surface area contributed by atoms with E-state index in [1.807, 2.05) is 0 Å². The van der Waals surface area contributed by atoms with E-state index in [0.717, 1.165) is 5.19 Å². The van der Waals surface area contributed by atoms with Crippen LogP contribution in [0.3, 0.4) is 0 Å². The number of rotatable bonds is 1. The van der Waals surface area contributed by atoms with Crippen LogP contribution in [0.5, 0.6) is 0 Å². The monoisotopic (exact) mass is 198 g/mol. The van der Waals surface area contributed by atoms with Gasteiger partial charge in [0.1, 0.15) is 0 Å². The van der Waals surface area contributed by atoms with Crippen molar-refractivity contribution in [3.8, 4) is 0 Å². The molecule has 1 rings (SSSR count). The summed E-state index contributed by atoms with van der Waals surface area (Å²) in [4.78, 5) is 27.2. The lowest BCUT2D eigenvalue weighted by Crippen LogP contribution is -2.52. The van der Waals surface area contributed by atoms with E-state index in [1.54, 1.807) is 6.92 Å². The Balaban J connectivity index is 3.57. The van der Waals surface area contributed by atoms with Gasteiger partial charge in [-0.05, 0) is 6.92 Å². The zero-order valence-electron chi connectivity index (χ0n) is 8.32. The maximum atomic E-state index is 11.5. The van der Waals surface area contributed by atoms with Crippen molar-refractivity contribution in [1.82, 2.24) is 9.97 Å². The number of hydrogen-bond acceptors (Lipinski definition) is 2. The Kier molecular flexibility index (Phi) is 2.29. The fourth-order valence-corrected chi connectivity index (χ4v) is 3.43. The highest BCUT2D eigenvalue weighted by Gasteiger charge is 2.22. The van der Waals surface area contributed by atoms with E-state index in [-0.39, 0.29) is 5.56 Å². The summed E-state index contributed by atoms with van der Waals surface area (Å²) in [6.07, 6.45) is 0. The fourth-order valence-electron chi connectivity index (χ4n) is 1.50. The van der Waals surface area contributed by atoms with Gasteiger partial charge in [0.2, 0.25) is 0 Å². The minimum atomic E-state index is -1.66. The van der Waals surface area contributed by atoms with Crippen molar-refractivity contribution in [1.29, 1.82) is 0 Å². The Morgan fingerprint density at radius 1 is 1.08 bits per heavy atom. The largest absolute Gasteiger partial charge is 0.325 e. The summed E-state index contributed by atoms with van der Waals surface area (Å²) in [5, 5.41) is 0.770. The maximum absolute atomic E-state index is 11.5. The van der Waals surface area contributed by atoms with Crippen LogP contribution in [0.1, 0.15) is 5.69 Å². The van der Waals surface area contributed by atoms with Crippen molar-refractivity contribution in [3.63, 3.8) is 0 Å². The first kappa shape index (κ1) is 9.98. The minimum absolute atomic E-state index is 0.236. The third kappa shape index (κ3) is 1.98. The van der Waals surface area contributed by atoms with Crippen molar-refractivity contribution in [2.45, 2.75) is 26.6 Å². The molecule has 1 heterocycles.